The van der Waals surface area contributed by atoms with E-state index >= 15 is 0 Å². The summed E-state index contributed by atoms with van der Waals surface area (Å²) in [5.74, 6) is -1.03. The Morgan fingerprint density at radius 1 is 1.07 bits per heavy atom. The summed E-state index contributed by atoms with van der Waals surface area (Å²) in [6.45, 7) is 1.41. The van der Waals surface area contributed by atoms with E-state index in [9.17, 15) is 27.6 Å². The van der Waals surface area contributed by atoms with Gasteiger partial charge in [-0.1, -0.05) is 19.1 Å². The summed E-state index contributed by atoms with van der Waals surface area (Å²) in [5, 5.41) is 0.244. The Labute approximate surface area is 260 Å². The van der Waals surface area contributed by atoms with Crippen LogP contribution in [0.4, 0.5) is 13.2 Å². The van der Waals surface area contributed by atoms with E-state index in [4.69, 9.17) is 14.2 Å². The molecule has 42 heavy (non-hydrogen) atoms. The Morgan fingerprint density at radius 2 is 1.79 bits per heavy atom. The summed E-state index contributed by atoms with van der Waals surface area (Å²) >= 11 is 0. The maximum Gasteiger partial charge on any atom is 0.443 e. The van der Waals surface area contributed by atoms with Gasteiger partial charge in [0.15, 0.2) is 17.9 Å². The van der Waals surface area contributed by atoms with Gasteiger partial charge in [0.2, 0.25) is 9.60 Å². The molecule has 1 aromatic heterocycles. The summed E-state index contributed by atoms with van der Waals surface area (Å²) in [6, 6.07) is 11.2. The quantitative estimate of drug-likeness (QED) is 0.160. The largest absolute Gasteiger partial charge is 1.00 e. The van der Waals surface area contributed by atoms with Gasteiger partial charge in [0, 0.05) is 24.3 Å². The van der Waals surface area contributed by atoms with Crippen LogP contribution in [-0.2, 0) is 14.3 Å². The van der Waals surface area contributed by atoms with E-state index in [2.05, 4.69) is 6.08 Å². The zero-order chi connectivity index (χ0) is 29.4. The number of esters is 2. The molecule has 1 fully saturated rings. The van der Waals surface area contributed by atoms with Gasteiger partial charge in [0.05, 0.1) is 29.2 Å². The maximum absolute atomic E-state index is 13.5. The fourth-order valence-electron chi connectivity index (χ4n) is 5.30. The first kappa shape index (κ1) is 31.7. The van der Waals surface area contributed by atoms with Gasteiger partial charge in [0.25, 0.3) is 15.9 Å². The Bertz CT molecular complexity index is 1650. The molecule has 1 heterocycles. The number of ether oxygens (including phenoxy) is 3. The molecule has 1 saturated carbocycles. The zero-order valence-electron chi connectivity index (χ0n) is 22.8. The molecule has 1 unspecified atom stereocenters. The second-order valence-electron chi connectivity index (χ2n) is 9.90. The van der Waals surface area contributed by atoms with Crippen molar-refractivity contribution in [3.63, 3.8) is 0 Å². The number of carbonyl (C=O) groups excluding carboxylic acids is 2. The molecule has 0 radical (unpaired) electrons. The van der Waals surface area contributed by atoms with Gasteiger partial charge in [0.1, 0.15) is 11.0 Å². The molecule has 0 N–H and O–H groups in total. The molecule has 3 aromatic rings. The number of alkyl halides is 3. The SMILES string of the molecule is CCC1(OC(=O)COC(=O)c2ccc(OC)c(-[s+]3c4c(c(=O)c5ccccc53)[C+]=C(C(F)(F)F)C=C4)c2)CCCC1.[I-]. The molecule has 0 amide bonds. The van der Waals surface area contributed by atoms with Crippen molar-refractivity contribution in [1.82, 2.24) is 0 Å². The Balaban J connectivity index is 0.00000405. The Hall–Kier alpha value is -3.28. The van der Waals surface area contributed by atoms with Gasteiger partial charge in [-0.05, 0) is 50.3 Å². The molecule has 5 rings (SSSR count). The lowest BCUT2D eigenvalue weighted by molar-refractivity contribution is -0.163. The molecule has 11 heteroatoms. The second-order valence-corrected chi connectivity index (χ2v) is 11.8. The van der Waals surface area contributed by atoms with Crippen LogP contribution in [0.2, 0.25) is 0 Å². The number of allylic oxidation sites excluding steroid dienone is 2. The molecular formula is C31H27F3IO6S+. The van der Waals surface area contributed by atoms with E-state index in [0.29, 0.717) is 26.6 Å². The number of halogens is 4. The van der Waals surface area contributed by atoms with Crippen molar-refractivity contribution >= 4 is 38.6 Å². The van der Waals surface area contributed by atoms with Gasteiger partial charge in [-0.25, -0.2) is 14.4 Å². The zero-order valence-corrected chi connectivity index (χ0v) is 25.8. The smallest absolute Gasteiger partial charge is 0.443 e. The highest BCUT2D eigenvalue weighted by molar-refractivity contribution is 7.45. The van der Waals surface area contributed by atoms with Crippen LogP contribution in [0, 0.1) is 6.08 Å². The summed E-state index contributed by atoms with van der Waals surface area (Å²) < 4.78 is 57.6. The van der Waals surface area contributed by atoms with Crippen LogP contribution in [0.25, 0.3) is 21.1 Å². The fourth-order valence-corrected chi connectivity index (χ4v) is 7.75. The first-order valence-corrected chi connectivity index (χ1v) is 14.4. The van der Waals surface area contributed by atoms with E-state index in [1.54, 1.807) is 30.3 Å². The van der Waals surface area contributed by atoms with Crippen molar-refractivity contribution in [2.75, 3.05) is 13.7 Å². The first-order valence-electron chi connectivity index (χ1n) is 13.2. The minimum atomic E-state index is -4.68. The van der Waals surface area contributed by atoms with Gasteiger partial charge in [-0.3, -0.25) is 0 Å². The highest BCUT2D eigenvalue weighted by atomic mass is 127. The lowest BCUT2D eigenvalue weighted by Crippen LogP contribution is -3.00. The third-order valence-electron chi connectivity index (χ3n) is 7.44. The fraction of sp³-hybridized carbons (Fsp3) is 0.323. The molecule has 0 bridgehead atoms. The summed E-state index contributed by atoms with van der Waals surface area (Å²) in [6.07, 6.45) is 3.97. The molecule has 1 atom stereocenters. The average molecular weight is 712 g/mol. The number of benzene rings is 2. The van der Waals surface area contributed by atoms with E-state index in [-0.39, 0.29) is 40.5 Å². The van der Waals surface area contributed by atoms with Crippen LogP contribution in [0.3, 0.4) is 0 Å². The predicted molar refractivity (Wildman–Crippen MR) is 149 cm³/mol. The Kier molecular flexibility index (Phi) is 9.44. The van der Waals surface area contributed by atoms with Gasteiger partial charge >= 0.3 is 18.1 Å². The van der Waals surface area contributed by atoms with E-state index < -0.39 is 51.8 Å². The molecule has 0 saturated heterocycles. The van der Waals surface area contributed by atoms with Crippen LogP contribution in [-0.4, -0.2) is 37.4 Å². The van der Waals surface area contributed by atoms with Crippen molar-refractivity contribution in [2.24, 2.45) is 0 Å². The molecule has 220 valence electrons. The predicted octanol–water partition coefficient (Wildman–Crippen LogP) is 4.04. The first-order chi connectivity index (χ1) is 19.6. The molecular weight excluding hydrogens is 684 g/mol. The number of rotatable bonds is 7. The third kappa shape index (κ3) is 6.09. The standard InChI is InChI=1S/C31H27F3O6S.HI/c1-3-30(14-6-7-15-30)40-27(35)18-39-29(37)19-10-12-23(38-2)26(16-19)41-24-9-5-4-8-21(24)28(36)22-17-20(31(32,33)34)11-13-25(22)41;/h4-5,8-13,16H,3,6-7,14-15,18H2,1-2H3;1H/q+2;/p-1. The molecule has 2 aliphatic carbocycles. The minimum Gasteiger partial charge on any atom is -1.00 e. The highest BCUT2D eigenvalue weighted by Crippen LogP contribution is 2.48. The molecule has 0 aliphatic heterocycles. The van der Waals surface area contributed by atoms with Crippen molar-refractivity contribution in [2.45, 2.75) is 50.8 Å². The summed E-state index contributed by atoms with van der Waals surface area (Å²) in [7, 11) is 0.315. The lowest BCUT2D eigenvalue weighted by atomic mass is 9.99. The average Bonchev–Trinajstić information content (AvgIpc) is 3.44. The van der Waals surface area contributed by atoms with Crippen LogP contribution in [0.5, 0.6) is 5.75 Å². The van der Waals surface area contributed by atoms with E-state index in [0.717, 1.165) is 31.8 Å². The van der Waals surface area contributed by atoms with Crippen LogP contribution < -0.4 is 34.1 Å². The number of hydrogen-bond acceptors (Lipinski definition) is 6. The Morgan fingerprint density at radius 3 is 2.45 bits per heavy atom. The second kappa shape index (κ2) is 12.5. The van der Waals surface area contributed by atoms with Gasteiger partial charge < -0.3 is 38.2 Å². The topological polar surface area (TPSA) is 78.9 Å². The van der Waals surface area contributed by atoms with Crippen LogP contribution >= 0.6 is 10.5 Å². The number of methoxy groups -OCH3 is 1. The van der Waals surface area contributed by atoms with Crippen molar-refractivity contribution in [1.29, 1.82) is 0 Å². The highest BCUT2D eigenvalue weighted by Gasteiger charge is 2.43. The number of fused-ring (bicyclic) bond motifs is 2. The summed E-state index contributed by atoms with van der Waals surface area (Å²) in [5.41, 5.74) is -2.20. The van der Waals surface area contributed by atoms with Crippen LogP contribution in [0.15, 0.2) is 58.9 Å². The minimum absolute atomic E-state index is 0. The van der Waals surface area contributed by atoms with Crippen LogP contribution in [0.1, 0.15) is 59.8 Å². The summed E-state index contributed by atoms with van der Waals surface area (Å²) in [4.78, 5) is 39.6. The van der Waals surface area contributed by atoms with Crippen molar-refractivity contribution < 1.29 is 60.9 Å². The molecule has 0 spiro atoms. The maximum atomic E-state index is 13.5. The lowest BCUT2D eigenvalue weighted by Gasteiger charge is -2.27. The van der Waals surface area contributed by atoms with Crippen molar-refractivity contribution in [3.8, 4) is 10.6 Å². The number of hydrogen-bond donors (Lipinski definition) is 0. The van der Waals surface area contributed by atoms with Gasteiger partial charge in [-0.2, -0.15) is 13.2 Å². The third-order valence-corrected chi connectivity index (χ3v) is 9.78. The normalized spacial score (nSPS) is 15.6. The number of carbonyl (C=O) groups is 2. The monoisotopic (exact) mass is 711 g/mol. The molecule has 2 aliphatic rings. The molecule has 2 aromatic carbocycles. The molecule has 6 nitrogen and oxygen atoms in total. The van der Waals surface area contributed by atoms with Crippen molar-refractivity contribution in [3.05, 3.63) is 86.4 Å². The van der Waals surface area contributed by atoms with E-state index in [1.807, 2.05) is 6.92 Å². The van der Waals surface area contributed by atoms with Gasteiger partial charge in [-0.15, -0.1) is 0 Å². The van der Waals surface area contributed by atoms with E-state index in [1.165, 1.54) is 25.3 Å².